The quantitative estimate of drug-likeness (QED) is 0.745. The van der Waals surface area contributed by atoms with Crippen LogP contribution < -0.4 is 0 Å². The molecule has 0 aromatic carbocycles. The number of hydrogen-bond donors (Lipinski definition) is 0. The summed E-state index contributed by atoms with van der Waals surface area (Å²) in [5, 5.41) is 8.80. The summed E-state index contributed by atoms with van der Waals surface area (Å²) in [6.07, 6.45) is 5.70. The molecule has 3 heteroatoms. The summed E-state index contributed by atoms with van der Waals surface area (Å²) in [6, 6.07) is 6.03. The van der Waals surface area contributed by atoms with Crippen molar-refractivity contribution < 1.29 is 0 Å². The molecule has 1 fully saturated rings. The Labute approximate surface area is 102 Å². The lowest BCUT2D eigenvalue weighted by Crippen LogP contribution is -2.29. The number of nitrogens with zero attached hydrogens (tertiary/aromatic N) is 3. The lowest BCUT2D eigenvalue weighted by Gasteiger charge is -2.26. The van der Waals surface area contributed by atoms with Crippen molar-refractivity contribution in [3.05, 3.63) is 36.2 Å². The maximum absolute atomic E-state index is 8.80. The third kappa shape index (κ3) is 3.15. The maximum atomic E-state index is 8.80. The van der Waals surface area contributed by atoms with Gasteiger partial charge in [-0.1, -0.05) is 13.0 Å². The van der Waals surface area contributed by atoms with Crippen LogP contribution in [-0.2, 0) is 6.54 Å². The van der Waals surface area contributed by atoms with Crippen LogP contribution in [0.15, 0.2) is 24.9 Å². The van der Waals surface area contributed by atoms with Gasteiger partial charge in [-0.2, -0.15) is 5.26 Å². The molecule has 3 nitrogen and oxygen atoms in total. The summed E-state index contributed by atoms with van der Waals surface area (Å²) in [7, 11) is 0. The van der Waals surface area contributed by atoms with Gasteiger partial charge in [0.05, 0.1) is 11.3 Å². The second kappa shape index (κ2) is 5.60. The van der Waals surface area contributed by atoms with Gasteiger partial charge in [-0.3, -0.25) is 9.88 Å². The molecule has 0 spiro atoms. The zero-order valence-corrected chi connectivity index (χ0v) is 10.0. The molecule has 0 saturated carbocycles. The fraction of sp³-hybridized carbons (Fsp3) is 0.429. The van der Waals surface area contributed by atoms with Crippen LogP contribution in [0.5, 0.6) is 0 Å². The SMILES string of the molecule is C=C(C#N)c1cc(CN2CCCCC2)ccn1. The van der Waals surface area contributed by atoms with Crippen molar-refractivity contribution in [1.82, 2.24) is 9.88 Å². The zero-order chi connectivity index (χ0) is 12.1. The van der Waals surface area contributed by atoms with E-state index in [1.807, 2.05) is 18.2 Å². The first-order chi connectivity index (χ1) is 8.29. The van der Waals surface area contributed by atoms with Crippen molar-refractivity contribution in [3.63, 3.8) is 0 Å². The van der Waals surface area contributed by atoms with E-state index in [1.54, 1.807) is 6.20 Å². The number of aromatic nitrogens is 1. The minimum atomic E-state index is 0.436. The van der Waals surface area contributed by atoms with E-state index in [2.05, 4.69) is 16.5 Å². The third-order valence-electron chi connectivity index (χ3n) is 3.12. The molecule has 0 aliphatic carbocycles. The zero-order valence-electron chi connectivity index (χ0n) is 10.0. The van der Waals surface area contributed by atoms with Gasteiger partial charge in [-0.05, 0) is 43.6 Å². The summed E-state index contributed by atoms with van der Waals surface area (Å²) in [4.78, 5) is 6.62. The Balaban J connectivity index is 2.05. The van der Waals surface area contributed by atoms with Gasteiger partial charge >= 0.3 is 0 Å². The predicted octanol–water partition coefficient (Wildman–Crippen LogP) is 2.60. The van der Waals surface area contributed by atoms with Gasteiger partial charge in [0, 0.05) is 12.7 Å². The van der Waals surface area contributed by atoms with Crippen LogP contribution >= 0.6 is 0 Å². The first-order valence-electron chi connectivity index (χ1n) is 6.06. The van der Waals surface area contributed by atoms with Gasteiger partial charge in [0.25, 0.3) is 0 Å². The second-order valence-electron chi connectivity index (χ2n) is 4.48. The molecule has 0 radical (unpaired) electrons. The molecule has 0 unspecified atom stereocenters. The van der Waals surface area contributed by atoms with Crippen LogP contribution in [0, 0.1) is 11.3 Å². The van der Waals surface area contributed by atoms with Gasteiger partial charge in [0.2, 0.25) is 0 Å². The van der Waals surface area contributed by atoms with E-state index in [1.165, 1.54) is 37.9 Å². The second-order valence-corrected chi connectivity index (χ2v) is 4.48. The molecular weight excluding hydrogens is 210 g/mol. The molecule has 1 aromatic rings. The number of rotatable bonds is 3. The average Bonchev–Trinajstić information content (AvgIpc) is 2.39. The van der Waals surface area contributed by atoms with E-state index >= 15 is 0 Å². The highest BCUT2D eigenvalue weighted by molar-refractivity contribution is 5.72. The molecule has 1 aromatic heterocycles. The highest BCUT2D eigenvalue weighted by Crippen LogP contribution is 2.15. The van der Waals surface area contributed by atoms with Gasteiger partial charge < -0.3 is 0 Å². The Morgan fingerprint density at radius 3 is 2.88 bits per heavy atom. The average molecular weight is 227 g/mol. The van der Waals surface area contributed by atoms with Crippen LogP contribution in [0.2, 0.25) is 0 Å². The summed E-state index contributed by atoms with van der Waals surface area (Å²) < 4.78 is 0. The smallest absolute Gasteiger partial charge is 0.101 e. The summed E-state index contributed by atoms with van der Waals surface area (Å²) in [5.74, 6) is 0. The largest absolute Gasteiger partial charge is 0.299 e. The number of likely N-dealkylation sites (tertiary alicyclic amines) is 1. The molecule has 2 heterocycles. The first kappa shape index (κ1) is 11.8. The number of piperidine rings is 1. The van der Waals surface area contributed by atoms with Crippen LogP contribution in [0.4, 0.5) is 0 Å². The molecule has 2 rings (SSSR count). The van der Waals surface area contributed by atoms with Crippen LogP contribution in [0.3, 0.4) is 0 Å². The van der Waals surface area contributed by atoms with Crippen molar-refractivity contribution in [2.24, 2.45) is 0 Å². The van der Waals surface area contributed by atoms with Gasteiger partial charge in [0.15, 0.2) is 0 Å². The molecule has 0 atom stereocenters. The molecule has 1 aliphatic rings. The van der Waals surface area contributed by atoms with Crippen molar-refractivity contribution >= 4 is 5.57 Å². The van der Waals surface area contributed by atoms with E-state index in [-0.39, 0.29) is 0 Å². The molecule has 17 heavy (non-hydrogen) atoms. The lowest BCUT2D eigenvalue weighted by molar-refractivity contribution is 0.221. The monoisotopic (exact) mass is 227 g/mol. The van der Waals surface area contributed by atoms with E-state index in [9.17, 15) is 0 Å². The predicted molar refractivity (Wildman–Crippen MR) is 68.0 cm³/mol. The highest BCUT2D eigenvalue weighted by Gasteiger charge is 2.11. The topological polar surface area (TPSA) is 39.9 Å². The van der Waals surface area contributed by atoms with E-state index in [4.69, 9.17) is 5.26 Å². The maximum Gasteiger partial charge on any atom is 0.101 e. The summed E-state index contributed by atoms with van der Waals surface area (Å²) >= 11 is 0. The number of allylic oxidation sites excluding steroid dienone is 1. The number of pyridine rings is 1. The Bertz CT molecular complexity index is 439. The fourth-order valence-corrected chi connectivity index (χ4v) is 2.17. The van der Waals surface area contributed by atoms with Crippen molar-refractivity contribution in [3.8, 4) is 6.07 Å². The molecule has 1 saturated heterocycles. The molecule has 88 valence electrons. The Morgan fingerprint density at radius 1 is 1.41 bits per heavy atom. The van der Waals surface area contributed by atoms with E-state index in [0.29, 0.717) is 11.3 Å². The van der Waals surface area contributed by atoms with E-state index in [0.717, 1.165) is 6.54 Å². The normalized spacial score (nSPS) is 16.4. The Morgan fingerprint density at radius 2 is 2.18 bits per heavy atom. The Hall–Kier alpha value is -1.66. The van der Waals surface area contributed by atoms with E-state index < -0.39 is 0 Å². The fourth-order valence-electron chi connectivity index (χ4n) is 2.17. The first-order valence-corrected chi connectivity index (χ1v) is 6.06. The van der Waals surface area contributed by atoms with Crippen molar-refractivity contribution in [1.29, 1.82) is 5.26 Å². The van der Waals surface area contributed by atoms with Crippen LogP contribution in [0.1, 0.15) is 30.5 Å². The van der Waals surface area contributed by atoms with Gasteiger partial charge in [0.1, 0.15) is 6.07 Å². The van der Waals surface area contributed by atoms with Crippen LogP contribution in [0.25, 0.3) is 5.57 Å². The van der Waals surface area contributed by atoms with Crippen LogP contribution in [-0.4, -0.2) is 23.0 Å². The Kier molecular flexibility index (Phi) is 3.89. The third-order valence-corrected chi connectivity index (χ3v) is 3.12. The minimum Gasteiger partial charge on any atom is -0.299 e. The molecular formula is C14H17N3. The lowest BCUT2D eigenvalue weighted by atomic mass is 10.1. The highest BCUT2D eigenvalue weighted by atomic mass is 15.1. The van der Waals surface area contributed by atoms with Gasteiger partial charge in [-0.25, -0.2) is 0 Å². The molecule has 1 aliphatic heterocycles. The molecule has 0 N–H and O–H groups in total. The minimum absolute atomic E-state index is 0.436. The molecule has 0 amide bonds. The van der Waals surface area contributed by atoms with Crippen molar-refractivity contribution in [2.45, 2.75) is 25.8 Å². The standard InChI is InChI=1S/C14H17N3/c1-12(10-15)14-9-13(5-6-16-14)11-17-7-3-2-4-8-17/h5-6,9H,1-4,7-8,11H2. The summed E-state index contributed by atoms with van der Waals surface area (Å²) in [6.45, 7) is 7.00. The summed E-state index contributed by atoms with van der Waals surface area (Å²) in [5.41, 5.74) is 2.35. The molecule has 0 bridgehead atoms. The van der Waals surface area contributed by atoms with Crippen molar-refractivity contribution in [2.75, 3.05) is 13.1 Å². The number of nitriles is 1. The number of hydrogen-bond acceptors (Lipinski definition) is 3. The van der Waals surface area contributed by atoms with Gasteiger partial charge in [-0.15, -0.1) is 0 Å².